The van der Waals surface area contributed by atoms with Gasteiger partial charge in [0.2, 0.25) is 0 Å². The van der Waals surface area contributed by atoms with Gasteiger partial charge in [0.05, 0.1) is 5.52 Å². The van der Waals surface area contributed by atoms with Gasteiger partial charge in [0.1, 0.15) is 0 Å². The molecule has 1 aromatic heterocycles. The topological polar surface area (TPSA) is 24.9 Å². The first kappa shape index (κ1) is 14.5. The van der Waals surface area contributed by atoms with E-state index in [1.54, 1.807) is 0 Å². The number of benzene rings is 2. The highest BCUT2D eigenvalue weighted by Crippen LogP contribution is 2.27. The van der Waals surface area contributed by atoms with Crippen LogP contribution in [0.1, 0.15) is 11.1 Å². The van der Waals surface area contributed by atoms with Gasteiger partial charge in [-0.15, -0.1) is 0 Å². The minimum atomic E-state index is 0.739. The predicted octanol–water partition coefficient (Wildman–Crippen LogP) is 5.68. The number of fused-ring (bicyclic) bond motifs is 1. The van der Waals surface area contributed by atoms with Crippen LogP contribution in [0.3, 0.4) is 0 Å². The van der Waals surface area contributed by atoms with Gasteiger partial charge in [-0.3, -0.25) is 4.98 Å². The third-order valence-corrected chi connectivity index (χ3v) is 4.74. The number of anilines is 1. The Balaban J connectivity index is 1.90. The highest BCUT2D eigenvalue weighted by molar-refractivity contribution is 9.11. The van der Waals surface area contributed by atoms with Crippen LogP contribution in [0.25, 0.3) is 10.9 Å². The number of nitrogens with zero attached hydrogens (tertiary/aromatic N) is 1. The van der Waals surface area contributed by atoms with Crippen molar-refractivity contribution in [2.75, 3.05) is 5.32 Å². The van der Waals surface area contributed by atoms with Crippen LogP contribution < -0.4 is 5.32 Å². The molecule has 106 valence electrons. The SMILES string of the molecule is Cc1ccc(NCc2ccc(Br)c3cccnc23)c(Br)c1. The second-order valence-corrected chi connectivity index (χ2v) is 6.65. The zero-order valence-electron chi connectivity index (χ0n) is 11.5. The molecule has 3 aromatic rings. The maximum absolute atomic E-state index is 4.51. The molecule has 1 heterocycles. The van der Waals surface area contributed by atoms with Crippen molar-refractivity contribution in [1.82, 2.24) is 4.98 Å². The van der Waals surface area contributed by atoms with Crippen LogP contribution in [0.2, 0.25) is 0 Å². The van der Waals surface area contributed by atoms with Gasteiger partial charge in [0.15, 0.2) is 0 Å². The summed E-state index contributed by atoms with van der Waals surface area (Å²) in [6.45, 7) is 2.82. The Bertz CT molecular complexity index is 800. The first-order chi connectivity index (χ1) is 10.1. The van der Waals surface area contributed by atoms with Gasteiger partial charge in [-0.2, -0.15) is 0 Å². The number of nitrogens with one attached hydrogen (secondary N) is 1. The fourth-order valence-electron chi connectivity index (χ4n) is 2.29. The van der Waals surface area contributed by atoms with Crippen molar-refractivity contribution in [3.63, 3.8) is 0 Å². The Morgan fingerprint density at radius 2 is 1.90 bits per heavy atom. The second kappa shape index (κ2) is 6.16. The molecule has 1 N–H and O–H groups in total. The molecule has 3 rings (SSSR count). The molecule has 0 radical (unpaired) electrons. The van der Waals surface area contributed by atoms with Crippen molar-refractivity contribution >= 4 is 48.5 Å². The summed E-state index contributed by atoms with van der Waals surface area (Å²) in [5.74, 6) is 0. The van der Waals surface area contributed by atoms with Gasteiger partial charge < -0.3 is 5.32 Å². The number of hydrogen-bond donors (Lipinski definition) is 1. The summed E-state index contributed by atoms with van der Waals surface area (Å²) < 4.78 is 2.16. The van der Waals surface area contributed by atoms with Gasteiger partial charge in [0, 0.05) is 32.8 Å². The quantitative estimate of drug-likeness (QED) is 0.606. The van der Waals surface area contributed by atoms with E-state index in [0.29, 0.717) is 0 Å². The van der Waals surface area contributed by atoms with E-state index >= 15 is 0 Å². The third-order valence-electron chi connectivity index (χ3n) is 3.39. The molecule has 2 nitrogen and oxygen atoms in total. The molecule has 4 heteroatoms. The predicted molar refractivity (Wildman–Crippen MR) is 95.6 cm³/mol. The van der Waals surface area contributed by atoms with Crippen molar-refractivity contribution in [2.45, 2.75) is 13.5 Å². The second-order valence-electron chi connectivity index (χ2n) is 4.94. The Morgan fingerprint density at radius 3 is 2.71 bits per heavy atom. The number of rotatable bonds is 3. The Labute approximate surface area is 140 Å². The smallest absolute Gasteiger partial charge is 0.0763 e. The van der Waals surface area contributed by atoms with E-state index in [-0.39, 0.29) is 0 Å². The minimum Gasteiger partial charge on any atom is -0.380 e. The van der Waals surface area contributed by atoms with Crippen LogP contribution >= 0.6 is 31.9 Å². The fourth-order valence-corrected chi connectivity index (χ4v) is 3.38. The summed E-state index contributed by atoms with van der Waals surface area (Å²) in [6.07, 6.45) is 1.83. The maximum atomic E-state index is 4.51. The molecule has 0 unspecified atom stereocenters. The summed E-state index contributed by atoms with van der Waals surface area (Å²) >= 11 is 7.18. The Morgan fingerprint density at radius 1 is 1.05 bits per heavy atom. The molecule has 0 saturated heterocycles. The summed E-state index contributed by atoms with van der Waals surface area (Å²) in [6, 6.07) is 14.5. The van der Waals surface area contributed by atoms with E-state index in [1.807, 2.05) is 12.3 Å². The van der Waals surface area contributed by atoms with Crippen molar-refractivity contribution in [2.24, 2.45) is 0 Å². The van der Waals surface area contributed by atoms with Crippen LogP contribution in [0.15, 0.2) is 57.6 Å². The highest BCUT2D eigenvalue weighted by Gasteiger charge is 2.06. The number of pyridine rings is 1. The molecule has 0 aliphatic heterocycles. The van der Waals surface area contributed by atoms with E-state index < -0.39 is 0 Å². The highest BCUT2D eigenvalue weighted by atomic mass is 79.9. The van der Waals surface area contributed by atoms with Crippen molar-refractivity contribution in [1.29, 1.82) is 0 Å². The molecule has 0 fully saturated rings. The summed E-state index contributed by atoms with van der Waals surface area (Å²) in [4.78, 5) is 4.51. The van der Waals surface area contributed by atoms with Gasteiger partial charge in [-0.05, 0) is 58.2 Å². The van der Waals surface area contributed by atoms with Gasteiger partial charge in [0.25, 0.3) is 0 Å². The number of aryl methyl sites for hydroxylation is 1. The molecule has 0 amide bonds. The normalized spacial score (nSPS) is 10.8. The molecule has 0 bridgehead atoms. The fraction of sp³-hybridized carbons (Fsp3) is 0.118. The van der Waals surface area contributed by atoms with Crippen LogP contribution in [-0.2, 0) is 6.54 Å². The lowest BCUT2D eigenvalue weighted by molar-refractivity contribution is 1.15. The van der Waals surface area contributed by atoms with Crippen LogP contribution in [0.4, 0.5) is 5.69 Å². The van der Waals surface area contributed by atoms with Crippen LogP contribution in [-0.4, -0.2) is 4.98 Å². The monoisotopic (exact) mass is 404 g/mol. The maximum Gasteiger partial charge on any atom is 0.0763 e. The molecule has 0 aliphatic rings. The van der Waals surface area contributed by atoms with Crippen LogP contribution in [0, 0.1) is 6.92 Å². The lowest BCUT2D eigenvalue weighted by Crippen LogP contribution is -2.01. The van der Waals surface area contributed by atoms with Crippen molar-refractivity contribution in [3.05, 3.63) is 68.7 Å². The lowest BCUT2D eigenvalue weighted by Gasteiger charge is -2.11. The Kier molecular flexibility index (Phi) is 4.27. The van der Waals surface area contributed by atoms with Crippen molar-refractivity contribution < 1.29 is 0 Å². The molecule has 0 saturated carbocycles. The molecule has 21 heavy (non-hydrogen) atoms. The molecule has 2 aromatic carbocycles. The standard InChI is InChI=1S/C17H14Br2N2/c1-11-4-7-16(15(19)9-11)21-10-12-5-6-14(18)13-3-2-8-20-17(12)13/h2-9,21H,10H2,1H3. The zero-order valence-corrected chi connectivity index (χ0v) is 14.7. The average molecular weight is 406 g/mol. The molecule has 0 atom stereocenters. The molecular weight excluding hydrogens is 392 g/mol. The molecule has 0 aliphatic carbocycles. The van der Waals surface area contributed by atoms with E-state index in [0.717, 1.165) is 32.1 Å². The van der Waals surface area contributed by atoms with E-state index in [1.165, 1.54) is 11.1 Å². The van der Waals surface area contributed by atoms with E-state index in [4.69, 9.17) is 0 Å². The molecule has 0 spiro atoms. The third kappa shape index (κ3) is 3.11. The van der Waals surface area contributed by atoms with Crippen LogP contribution in [0.5, 0.6) is 0 Å². The van der Waals surface area contributed by atoms with Gasteiger partial charge >= 0.3 is 0 Å². The molecular formula is C17H14Br2N2. The van der Waals surface area contributed by atoms with Gasteiger partial charge in [-0.25, -0.2) is 0 Å². The van der Waals surface area contributed by atoms with E-state index in [2.05, 4.69) is 85.5 Å². The van der Waals surface area contributed by atoms with E-state index in [9.17, 15) is 0 Å². The zero-order chi connectivity index (χ0) is 14.8. The average Bonchev–Trinajstić information content (AvgIpc) is 2.48. The first-order valence-electron chi connectivity index (χ1n) is 6.67. The largest absolute Gasteiger partial charge is 0.380 e. The first-order valence-corrected chi connectivity index (χ1v) is 8.26. The number of aromatic nitrogens is 1. The Hall–Kier alpha value is -1.39. The number of hydrogen-bond acceptors (Lipinski definition) is 2. The minimum absolute atomic E-state index is 0.739. The summed E-state index contributed by atoms with van der Waals surface area (Å²) in [5, 5.41) is 4.60. The van der Waals surface area contributed by atoms with Crippen molar-refractivity contribution in [3.8, 4) is 0 Å². The van der Waals surface area contributed by atoms with Gasteiger partial charge in [-0.1, -0.05) is 34.1 Å². The summed E-state index contributed by atoms with van der Waals surface area (Å²) in [7, 11) is 0. The summed E-state index contributed by atoms with van der Waals surface area (Å²) in [5.41, 5.74) is 4.54. The number of halogens is 2. The lowest BCUT2D eigenvalue weighted by atomic mass is 10.1.